The van der Waals surface area contributed by atoms with Gasteiger partial charge in [-0.1, -0.05) is 12.1 Å². The number of nitrogens with zero attached hydrogens (tertiary/aromatic N) is 1. The van der Waals surface area contributed by atoms with Crippen molar-refractivity contribution in [1.82, 2.24) is 10.2 Å². The molecule has 2 fully saturated rings. The second-order valence-electron chi connectivity index (χ2n) is 5.93. The van der Waals surface area contributed by atoms with Crippen LogP contribution in [0.5, 0.6) is 0 Å². The number of hydrogen-bond acceptors (Lipinski definition) is 2. The van der Waals surface area contributed by atoms with Crippen LogP contribution in [0.3, 0.4) is 0 Å². The number of hydrogen-bond donors (Lipinski definition) is 1. The van der Waals surface area contributed by atoms with E-state index in [-0.39, 0.29) is 5.82 Å². The quantitative estimate of drug-likeness (QED) is 0.901. The highest BCUT2D eigenvalue weighted by Crippen LogP contribution is 2.44. The normalized spacial score (nSPS) is 23.1. The Kier molecular flexibility index (Phi) is 3.85. The van der Waals surface area contributed by atoms with Crippen LogP contribution in [0.25, 0.3) is 0 Å². The van der Waals surface area contributed by atoms with E-state index in [2.05, 4.69) is 16.3 Å². The lowest BCUT2D eigenvalue weighted by Gasteiger charge is -2.31. The molecule has 2 aliphatic rings. The van der Waals surface area contributed by atoms with Gasteiger partial charge >= 0.3 is 0 Å². The van der Waals surface area contributed by atoms with Crippen molar-refractivity contribution < 1.29 is 4.39 Å². The number of nitrogens with one attached hydrogen (secondary N) is 1. The number of benzene rings is 1. The van der Waals surface area contributed by atoms with Gasteiger partial charge in [0.25, 0.3) is 0 Å². The third kappa shape index (κ3) is 2.98. The maximum atomic E-state index is 13.5. The first kappa shape index (κ1) is 13.1. The molecule has 1 N–H and O–H groups in total. The Labute approximate surface area is 115 Å². The predicted octanol–water partition coefficient (Wildman–Crippen LogP) is 2.88. The third-order valence-electron chi connectivity index (χ3n) is 4.36. The van der Waals surface area contributed by atoms with E-state index in [9.17, 15) is 4.39 Å². The minimum Gasteiger partial charge on any atom is -0.315 e. The van der Waals surface area contributed by atoms with E-state index in [1.807, 2.05) is 13.0 Å². The summed E-state index contributed by atoms with van der Waals surface area (Å²) in [7, 11) is 0. The van der Waals surface area contributed by atoms with Crippen LogP contribution in [0.4, 0.5) is 4.39 Å². The number of halogens is 1. The highest BCUT2D eigenvalue weighted by molar-refractivity contribution is 5.28. The predicted molar refractivity (Wildman–Crippen MR) is 75.7 cm³/mol. The fourth-order valence-corrected chi connectivity index (χ4v) is 3.19. The van der Waals surface area contributed by atoms with Crippen molar-refractivity contribution >= 4 is 0 Å². The van der Waals surface area contributed by atoms with Crippen LogP contribution in [0, 0.1) is 18.7 Å². The summed E-state index contributed by atoms with van der Waals surface area (Å²) in [4.78, 5) is 2.60. The Bertz CT molecular complexity index is 434. The smallest absolute Gasteiger partial charge is 0.126 e. The maximum Gasteiger partial charge on any atom is 0.126 e. The van der Waals surface area contributed by atoms with Gasteiger partial charge in [0.15, 0.2) is 0 Å². The molecule has 2 nitrogen and oxygen atoms in total. The molecular formula is C16H23FN2. The molecule has 1 aliphatic heterocycles. The van der Waals surface area contributed by atoms with Gasteiger partial charge in [0.2, 0.25) is 0 Å². The number of rotatable bonds is 3. The van der Waals surface area contributed by atoms with E-state index in [4.69, 9.17) is 0 Å². The van der Waals surface area contributed by atoms with Crippen LogP contribution in [0.2, 0.25) is 0 Å². The van der Waals surface area contributed by atoms with E-state index >= 15 is 0 Å². The molecular weight excluding hydrogens is 239 g/mol. The van der Waals surface area contributed by atoms with Crippen molar-refractivity contribution in [2.24, 2.45) is 5.92 Å². The fraction of sp³-hybridized carbons (Fsp3) is 0.625. The molecule has 1 atom stereocenters. The zero-order valence-electron chi connectivity index (χ0n) is 11.7. The lowest BCUT2D eigenvalue weighted by atomic mass is 9.98. The molecule has 1 unspecified atom stereocenters. The average Bonchev–Trinajstić information content (AvgIpc) is 3.22. The molecule has 3 heteroatoms. The first-order chi connectivity index (χ1) is 9.25. The summed E-state index contributed by atoms with van der Waals surface area (Å²) < 4.78 is 13.5. The summed E-state index contributed by atoms with van der Waals surface area (Å²) in [6.45, 7) is 6.33. The topological polar surface area (TPSA) is 15.3 Å². The van der Waals surface area contributed by atoms with Gasteiger partial charge in [-0.05, 0) is 55.8 Å². The van der Waals surface area contributed by atoms with Gasteiger partial charge in [-0.25, -0.2) is 4.39 Å². The molecule has 3 rings (SSSR count). The Balaban J connectivity index is 1.84. The minimum atomic E-state index is -0.0872. The summed E-state index contributed by atoms with van der Waals surface area (Å²) >= 11 is 0. The molecule has 104 valence electrons. The molecule has 1 aromatic carbocycles. The zero-order valence-corrected chi connectivity index (χ0v) is 11.7. The first-order valence-corrected chi connectivity index (χ1v) is 7.46. The van der Waals surface area contributed by atoms with Gasteiger partial charge in [-0.3, -0.25) is 4.90 Å². The van der Waals surface area contributed by atoms with Crippen molar-refractivity contribution in [2.45, 2.75) is 32.2 Å². The van der Waals surface area contributed by atoms with Gasteiger partial charge in [0.05, 0.1) is 0 Å². The molecule has 0 spiro atoms. The minimum absolute atomic E-state index is 0.0872. The molecule has 1 saturated carbocycles. The molecule has 1 heterocycles. The second kappa shape index (κ2) is 5.59. The summed E-state index contributed by atoms with van der Waals surface area (Å²) in [6.07, 6.45) is 3.86. The monoisotopic (exact) mass is 262 g/mol. The zero-order chi connectivity index (χ0) is 13.2. The van der Waals surface area contributed by atoms with Gasteiger partial charge in [-0.15, -0.1) is 0 Å². The highest BCUT2D eigenvalue weighted by atomic mass is 19.1. The van der Waals surface area contributed by atoms with E-state index < -0.39 is 0 Å². The van der Waals surface area contributed by atoms with Crippen molar-refractivity contribution in [1.29, 1.82) is 0 Å². The third-order valence-corrected chi connectivity index (χ3v) is 4.36. The fourth-order valence-electron chi connectivity index (χ4n) is 3.19. The molecule has 19 heavy (non-hydrogen) atoms. The van der Waals surface area contributed by atoms with E-state index in [0.717, 1.165) is 37.7 Å². The van der Waals surface area contributed by atoms with E-state index in [1.165, 1.54) is 24.8 Å². The number of aryl methyl sites for hydroxylation is 1. The first-order valence-electron chi connectivity index (χ1n) is 7.46. The van der Waals surface area contributed by atoms with Crippen LogP contribution in [-0.2, 0) is 0 Å². The van der Waals surface area contributed by atoms with Crippen LogP contribution in [-0.4, -0.2) is 31.1 Å². The Morgan fingerprint density at radius 1 is 1.26 bits per heavy atom. The van der Waals surface area contributed by atoms with Crippen LogP contribution < -0.4 is 5.32 Å². The summed E-state index contributed by atoms with van der Waals surface area (Å²) in [5.74, 6) is 0.693. The van der Waals surface area contributed by atoms with Crippen LogP contribution >= 0.6 is 0 Å². The molecule has 0 aromatic heterocycles. The lowest BCUT2D eigenvalue weighted by Crippen LogP contribution is -2.33. The van der Waals surface area contributed by atoms with Gasteiger partial charge in [0, 0.05) is 25.7 Å². The summed E-state index contributed by atoms with van der Waals surface area (Å²) in [5.41, 5.74) is 2.08. The standard InChI is InChI=1S/C16H23FN2/c1-12-11-14(5-6-15(12)17)16(13-3-4-13)19-9-2-7-18-8-10-19/h5-6,11,13,16,18H,2-4,7-10H2,1H3. The van der Waals surface area contributed by atoms with E-state index in [1.54, 1.807) is 6.07 Å². The lowest BCUT2D eigenvalue weighted by molar-refractivity contribution is 0.189. The summed E-state index contributed by atoms with van der Waals surface area (Å²) in [6, 6.07) is 6.18. The van der Waals surface area contributed by atoms with Crippen molar-refractivity contribution in [3.05, 3.63) is 35.1 Å². The molecule has 0 amide bonds. The van der Waals surface area contributed by atoms with Crippen molar-refractivity contribution in [3.63, 3.8) is 0 Å². The van der Waals surface area contributed by atoms with Crippen molar-refractivity contribution in [3.8, 4) is 0 Å². The molecule has 1 aliphatic carbocycles. The van der Waals surface area contributed by atoms with Crippen LogP contribution in [0.1, 0.15) is 36.4 Å². The second-order valence-corrected chi connectivity index (χ2v) is 5.93. The average molecular weight is 262 g/mol. The van der Waals surface area contributed by atoms with Gasteiger partial charge < -0.3 is 5.32 Å². The molecule has 0 bridgehead atoms. The maximum absolute atomic E-state index is 13.5. The van der Waals surface area contributed by atoms with E-state index in [0.29, 0.717) is 6.04 Å². The SMILES string of the molecule is Cc1cc(C(C2CC2)N2CCCNCC2)ccc1F. The summed E-state index contributed by atoms with van der Waals surface area (Å²) in [5, 5.41) is 3.46. The Morgan fingerprint density at radius 2 is 2.11 bits per heavy atom. The van der Waals surface area contributed by atoms with Crippen LogP contribution in [0.15, 0.2) is 18.2 Å². The molecule has 1 saturated heterocycles. The Morgan fingerprint density at radius 3 is 2.84 bits per heavy atom. The van der Waals surface area contributed by atoms with Gasteiger partial charge in [0.1, 0.15) is 5.82 Å². The Hall–Kier alpha value is -0.930. The molecule has 1 aromatic rings. The van der Waals surface area contributed by atoms with Gasteiger partial charge in [-0.2, -0.15) is 0 Å². The van der Waals surface area contributed by atoms with Crippen molar-refractivity contribution in [2.75, 3.05) is 26.2 Å². The molecule has 0 radical (unpaired) electrons. The highest BCUT2D eigenvalue weighted by Gasteiger charge is 2.36. The largest absolute Gasteiger partial charge is 0.315 e.